The maximum Gasteiger partial charge on any atom is 0.230 e. The van der Waals surface area contributed by atoms with Crippen molar-refractivity contribution in [2.75, 3.05) is 19.0 Å². The van der Waals surface area contributed by atoms with Crippen LogP contribution in [0.5, 0.6) is 0 Å². The van der Waals surface area contributed by atoms with Crippen molar-refractivity contribution in [3.05, 3.63) is 83.2 Å². The summed E-state index contributed by atoms with van der Waals surface area (Å²) in [5.41, 5.74) is 4.16. The number of methoxy groups -OCH3 is 1. The van der Waals surface area contributed by atoms with E-state index in [1.807, 2.05) is 29.6 Å². The third-order valence-corrected chi connectivity index (χ3v) is 5.58. The summed E-state index contributed by atoms with van der Waals surface area (Å²) in [5, 5.41) is 7.78. The van der Waals surface area contributed by atoms with Crippen LogP contribution in [0.1, 0.15) is 11.1 Å². The van der Waals surface area contributed by atoms with Crippen LogP contribution in [0.15, 0.2) is 72.1 Å². The van der Waals surface area contributed by atoms with Gasteiger partial charge in [0.1, 0.15) is 0 Å². The highest BCUT2D eigenvalue weighted by Crippen LogP contribution is 2.26. The molecular weight excluding hydrogens is 380 g/mol. The highest BCUT2D eigenvalue weighted by atomic mass is 32.1. The number of fused-ring (bicyclic) bond motifs is 1. The van der Waals surface area contributed by atoms with Crippen molar-refractivity contribution >= 4 is 33.1 Å². The number of thiazole rings is 1. The molecule has 29 heavy (non-hydrogen) atoms. The van der Waals surface area contributed by atoms with Gasteiger partial charge in [-0.05, 0) is 28.3 Å². The number of amides is 1. The zero-order chi connectivity index (χ0) is 20.1. The van der Waals surface area contributed by atoms with Crippen LogP contribution in [0, 0.1) is 0 Å². The molecule has 3 aromatic carbocycles. The second kappa shape index (κ2) is 8.99. The largest absolute Gasteiger partial charge is 0.384 e. The number of anilines is 1. The monoisotopic (exact) mass is 402 g/mol. The quantitative estimate of drug-likeness (QED) is 0.454. The topological polar surface area (TPSA) is 51.2 Å². The van der Waals surface area contributed by atoms with Gasteiger partial charge in [-0.1, -0.05) is 66.7 Å². The zero-order valence-electron chi connectivity index (χ0n) is 16.2. The van der Waals surface area contributed by atoms with Gasteiger partial charge in [-0.15, -0.1) is 11.3 Å². The fourth-order valence-electron chi connectivity index (χ4n) is 3.31. The van der Waals surface area contributed by atoms with Gasteiger partial charge in [0.2, 0.25) is 5.91 Å². The van der Waals surface area contributed by atoms with Crippen molar-refractivity contribution in [2.24, 2.45) is 0 Å². The molecule has 0 atom stereocenters. The third-order valence-electron chi connectivity index (χ3n) is 4.83. The molecule has 1 heterocycles. The molecule has 4 aromatic rings. The summed E-state index contributed by atoms with van der Waals surface area (Å²) in [4.78, 5) is 17.1. The first-order chi connectivity index (χ1) is 14.2. The molecule has 5 heteroatoms. The number of hydrogen-bond acceptors (Lipinski definition) is 4. The number of nitrogens with one attached hydrogen (secondary N) is 1. The fraction of sp³-hybridized carbons (Fsp3) is 0.167. The Kier molecular flexibility index (Phi) is 5.98. The molecule has 0 spiro atoms. The van der Waals surface area contributed by atoms with Gasteiger partial charge >= 0.3 is 0 Å². The van der Waals surface area contributed by atoms with Crippen LogP contribution in [0.25, 0.3) is 22.0 Å². The molecule has 1 aromatic heterocycles. The second-order valence-corrected chi connectivity index (χ2v) is 7.70. The van der Waals surface area contributed by atoms with Crippen LogP contribution in [0.4, 0.5) is 5.13 Å². The van der Waals surface area contributed by atoms with Gasteiger partial charge in [0, 0.05) is 18.1 Å². The van der Waals surface area contributed by atoms with Crippen molar-refractivity contribution in [3.8, 4) is 11.3 Å². The highest BCUT2D eigenvalue weighted by Gasteiger charge is 2.10. The number of benzene rings is 3. The van der Waals surface area contributed by atoms with Gasteiger partial charge in [0.25, 0.3) is 0 Å². The molecule has 0 fully saturated rings. The Labute approximate surface area is 174 Å². The van der Waals surface area contributed by atoms with E-state index in [2.05, 4.69) is 52.8 Å². The molecule has 0 unspecified atom stereocenters. The third kappa shape index (κ3) is 4.70. The Balaban J connectivity index is 1.43. The van der Waals surface area contributed by atoms with Gasteiger partial charge in [-0.25, -0.2) is 4.98 Å². The Morgan fingerprint density at radius 1 is 1.03 bits per heavy atom. The molecule has 4 nitrogen and oxygen atoms in total. The highest BCUT2D eigenvalue weighted by molar-refractivity contribution is 7.14. The number of aromatic nitrogens is 1. The van der Waals surface area contributed by atoms with Gasteiger partial charge in [-0.3, -0.25) is 4.79 Å². The molecule has 0 saturated heterocycles. The van der Waals surface area contributed by atoms with Crippen LogP contribution in [-0.2, 0) is 22.4 Å². The predicted octanol–water partition coefficient (Wildman–Crippen LogP) is 5.33. The normalized spacial score (nSPS) is 10.9. The average Bonchev–Trinajstić information content (AvgIpc) is 3.21. The summed E-state index contributed by atoms with van der Waals surface area (Å²) >= 11 is 1.44. The van der Waals surface area contributed by atoms with E-state index in [0.717, 1.165) is 34.0 Å². The van der Waals surface area contributed by atoms with Crippen molar-refractivity contribution < 1.29 is 9.53 Å². The van der Waals surface area contributed by atoms with Crippen LogP contribution in [0.2, 0.25) is 0 Å². The van der Waals surface area contributed by atoms with Crippen LogP contribution < -0.4 is 5.32 Å². The SMILES string of the molecule is COCCc1ccc(-c2csc(NC(=O)Cc3cccc4ccccc34)n2)cc1. The summed E-state index contributed by atoms with van der Waals surface area (Å²) in [6.07, 6.45) is 1.22. The summed E-state index contributed by atoms with van der Waals surface area (Å²) < 4.78 is 5.12. The predicted molar refractivity (Wildman–Crippen MR) is 119 cm³/mol. The molecule has 1 amide bonds. The molecular formula is C24H22N2O2S. The van der Waals surface area contributed by atoms with Crippen molar-refractivity contribution in [3.63, 3.8) is 0 Å². The molecule has 0 radical (unpaired) electrons. The molecule has 0 bridgehead atoms. The van der Waals surface area contributed by atoms with E-state index in [0.29, 0.717) is 18.2 Å². The summed E-state index contributed by atoms with van der Waals surface area (Å²) in [6, 6.07) is 22.5. The molecule has 0 aliphatic heterocycles. The van der Waals surface area contributed by atoms with Crippen LogP contribution >= 0.6 is 11.3 Å². The van der Waals surface area contributed by atoms with Crippen molar-refractivity contribution in [1.82, 2.24) is 4.98 Å². The first-order valence-electron chi connectivity index (χ1n) is 9.53. The molecule has 1 N–H and O–H groups in total. The lowest BCUT2D eigenvalue weighted by Gasteiger charge is -2.06. The summed E-state index contributed by atoms with van der Waals surface area (Å²) in [5.74, 6) is -0.0582. The second-order valence-electron chi connectivity index (χ2n) is 6.84. The lowest BCUT2D eigenvalue weighted by atomic mass is 10.0. The Morgan fingerprint density at radius 3 is 2.66 bits per heavy atom. The molecule has 0 aliphatic rings. The standard InChI is InChI=1S/C24H22N2O2S/c1-28-14-13-17-9-11-19(12-10-17)22-16-29-24(25-22)26-23(27)15-20-7-4-6-18-5-2-3-8-21(18)20/h2-12,16H,13-15H2,1H3,(H,25,26,27). The van der Waals surface area contributed by atoms with Gasteiger partial charge in [0.15, 0.2) is 5.13 Å². The maximum absolute atomic E-state index is 12.6. The molecule has 0 aliphatic carbocycles. The molecule has 146 valence electrons. The Hall–Kier alpha value is -3.02. The Bertz CT molecular complexity index is 1110. The smallest absolute Gasteiger partial charge is 0.230 e. The van der Waals surface area contributed by atoms with Gasteiger partial charge in [0.05, 0.1) is 18.7 Å². The number of carbonyl (C=O) groups is 1. The van der Waals surface area contributed by atoms with E-state index in [-0.39, 0.29) is 5.91 Å². The van der Waals surface area contributed by atoms with E-state index in [4.69, 9.17) is 4.74 Å². The zero-order valence-corrected chi connectivity index (χ0v) is 17.0. The number of hydrogen-bond donors (Lipinski definition) is 1. The molecule has 0 saturated carbocycles. The Morgan fingerprint density at radius 2 is 1.83 bits per heavy atom. The van der Waals surface area contributed by atoms with Gasteiger partial charge < -0.3 is 10.1 Å². The van der Waals surface area contributed by atoms with E-state index < -0.39 is 0 Å². The van der Waals surface area contributed by atoms with E-state index in [1.165, 1.54) is 16.9 Å². The summed E-state index contributed by atoms with van der Waals surface area (Å²) in [6.45, 7) is 0.711. The average molecular weight is 403 g/mol. The van der Waals surface area contributed by atoms with Crippen LogP contribution in [0.3, 0.4) is 0 Å². The number of carbonyl (C=O) groups excluding carboxylic acids is 1. The molecule has 4 rings (SSSR count). The summed E-state index contributed by atoms with van der Waals surface area (Å²) in [7, 11) is 1.71. The lowest BCUT2D eigenvalue weighted by molar-refractivity contribution is -0.115. The maximum atomic E-state index is 12.6. The first-order valence-corrected chi connectivity index (χ1v) is 10.4. The van der Waals surface area contributed by atoms with E-state index >= 15 is 0 Å². The first kappa shape index (κ1) is 19.3. The number of rotatable bonds is 7. The fourth-order valence-corrected chi connectivity index (χ4v) is 4.04. The van der Waals surface area contributed by atoms with Crippen molar-refractivity contribution in [2.45, 2.75) is 12.8 Å². The van der Waals surface area contributed by atoms with Crippen LogP contribution in [-0.4, -0.2) is 24.6 Å². The van der Waals surface area contributed by atoms with Gasteiger partial charge in [-0.2, -0.15) is 0 Å². The van der Waals surface area contributed by atoms with E-state index in [1.54, 1.807) is 7.11 Å². The van der Waals surface area contributed by atoms with E-state index in [9.17, 15) is 4.79 Å². The number of ether oxygens (including phenoxy) is 1. The number of nitrogens with zero attached hydrogens (tertiary/aromatic N) is 1. The van der Waals surface area contributed by atoms with Crippen molar-refractivity contribution in [1.29, 1.82) is 0 Å². The minimum Gasteiger partial charge on any atom is -0.384 e. The minimum absolute atomic E-state index is 0.0582. The minimum atomic E-state index is -0.0582. The lowest BCUT2D eigenvalue weighted by Crippen LogP contribution is -2.14.